The molecular weight excluding hydrogens is 350 g/mol. The Bertz CT molecular complexity index is 945. The lowest BCUT2D eigenvalue weighted by atomic mass is 9.89. The van der Waals surface area contributed by atoms with Crippen LogP contribution in [0.1, 0.15) is 83.5 Å². The maximum absolute atomic E-state index is 12.8. The number of rotatable bonds is 3. The van der Waals surface area contributed by atoms with Gasteiger partial charge in [0.2, 0.25) is 0 Å². The van der Waals surface area contributed by atoms with Crippen LogP contribution in [0.25, 0.3) is 0 Å². The molecule has 2 aromatic carbocycles. The number of ether oxygens (including phenoxy) is 1. The molecule has 0 bridgehead atoms. The topological polar surface area (TPSA) is 55.4 Å². The maximum atomic E-state index is 12.8. The van der Waals surface area contributed by atoms with Crippen LogP contribution in [0.2, 0.25) is 0 Å². The second-order valence-corrected chi connectivity index (χ2v) is 8.60. The van der Waals surface area contributed by atoms with E-state index < -0.39 is 5.60 Å². The lowest BCUT2D eigenvalue weighted by Crippen LogP contribution is -2.36. The first kappa shape index (κ1) is 18.7. The van der Waals surface area contributed by atoms with E-state index >= 15 is 0 Å². The SMILES string of the molecule is CC(NC(=O)c1ccc2c(c1)C(=O)CC(C)(C)O2)c1ccc2c(c1)CCCC2. The molecule has 1 atom stereocenters. The van der Waals surface area contributed by atoms with Gasteiger partial charge in [-0.15, -0.1) is 0 Å². The molecule has 1 N–H and O–H groups in total. The monoisotopic (exact) mass is 377 g/mol. The molecule has 0 spiro atoms. The number of carbonyl (C=O) groups is 2. The molecule has 4 nitrogen and oxygen atoms in total. The molecule has 28 heavy (non-hydrogen) atoms. The van der Waals surface area contributed by atoms with Crippen LogP contribution in [0.3, 0.4) is 0 Å². The fourth-order valence-electron chi connectivity index (χ4n) is 4.18. The normalized spacial score (nSPS) is 18.5. The number of hydrogen-bond donors (Lipinski definition) is 1. The van der Waals surface area contributed by atoms with Crippen molar-refractivity contribution in [3.05, 3.63) is 64.2 Å². The Balaban J connectivity index is 1.51. The minimum absolute atomic E-state index is 0.0173. The van der Waals surface area contributed by atoms with Crippen molar-refractivity contribution in [2.75, 3.05) is 0 Å². The summed E-state index contributed by atoms with van der Waals surface area (Å²) in [6.45, 7) is 5.79. The summed E-state index contributed by atoms with van der Waals surface area (Å²) < 4.78 is 5.88. The molecule has 1 unspecified atom stereocenters. The van der Waals surface area contributed by atoms with Gasteiger partial charge in [-0.25, -0.2) is 0 Å². The van der Waals surface area contributed by atoms with E-state index in [4.69, 9.17) is 4.74 Å². The Morgan fingerprint density at radius 3 is 2.61 bits per heavy atom. The van der Waals surface area contributed by atoms with Crippen molar-refractivity contribution >= 4 is 11.7 Å². The van der Waals surface area contributed by atoms with Gasteiger partial charge in [0, 0.05) is 5.56 Å². The number of benzene rings is 2. The average Bonchev–Trinajstić information content (AvgIpc) is 2.66. The van der Waals surface area contributed by atoms with Crippen molar-refractivity contribution < 1.29 is 14.3 Å². The summed E-state index contributed by atoms with van der Waals surface area (Å²) in [4.78, 5) is 25.2. The van der Waals surface area contributed by atoms with Crippen LogP contribution in [-0.4, -0.2) is 17.3 Å². The first-order chi connectivity index (χ1) is 13.3. The molecule has 0 radical (unpaired) electrons. The molecule has 0 saturated heterocycles. The average molecular weight is 377 g/mol. The van der Waals surface area contributed by atoms with Gasteiger partial charge in [0.15, 0.2) is 5.78 Å². The number of carbonyl (C=O) groups excluding carboxylic acids is 2. The molecular formula is C24H27NO3. The van der Waals surface area contributed by atoms with Crippen molar-refractivity contribution in [1.82, 2.24) is 5.32 Å². The predicted octanol–water partition coefficient (Wildman–Crippen LogP) is 4.80. The Morgan fingerprint density at radius 1 is 1.07 bits per heavy atom. The van der Waals surface area contributed by atoms with Crippen molar-refractivity contribution in [3.8, 4) is 5.75 Å². The lowest BCUT2D eigenvalue weighted by molar-refractivity contribution is 0.0620. The highest BCUT2D eigenvalue weighted by molar-refractivity contribution is 6.03. The molecule has 0 aromatic heterocycles. The second kappa shape index (κ2) is 7.08. The number of amides is 1. The highest BCUT2D eigenvalue weighted by Crippen LogP contribution is 2.33. The summed E-state index contributed by atoms with van der Waals surface area (Å²) in [6.07, 6.45) is 5.08. The van der Waals surface area contributed by atoms with Crippen LogP contribution < -0.4 is 10.1 Å². The number of aryl methyl sites for hydroxylation is 2. The third-order valence-corrected chi connectivity index (χ3v) is 5.73. The minimum Gasteiger partial charge on any atom is -0.487 e. The summed E-state index contributed by atoms with van der Waals surface area (Å²) >= 11 is 0. The van der Waals surface area contributed by atoms with E-state index in [0.717, 1.165) is 18.4 Å². The third-order valence-electron chi connectivity index (χ3n) is 5.73. The molecule has 2 aromatic rings. The van der Waals surface area contributed by atoms with E-state index in [2.05, 4.69) is 23.5 Å². The van der Waals surface area contributed by atoms with Crippen LogP contribution in [-0.2, 0) is 12.8 Å². The highest BCUT2D eigenvalue weighted by Gasteiger charge is 2.33. The molecule has 4 rings (SSSR count). The molecule has 146 valence electrons. The van der Waals surface area contributed by atoms with Gasteiger partial charge in [-0.2, -0.15) is 0 Å². The molecule has 1 aliphatic heterocycles. The van der Waals surface area contributed by atoms with Gasteiger partial charge in [0.1, 0.15) is 11.4 Å². The van der Waals surface area contributed by atoms with E-state index in [1.165, 1.54) is 24.0 Å². The predicted molar refractivity (Wildman–Crippen MR) is 109 cm³/mol. The Labute approximate surface area is 166 Å². The highest BCUT2D eigenvalue weighted by atomic mass is 16.5. The fourth-order valence-corrected chi connectivity index (χ4v) is 4.18. The Morgan fingerprint density at radius 2 is 1.82 bits per heavy atom. The van der Waals surface area contributed by atoms with Gasteiger partial charge < -0.3 is 10.1 Å². The summed E-state index contributed by atoms with van der Waals surface area (Å²) in [7, 11) is 0. The molecule has 0 fully saturated rings. The van der Waals surface area contributed by atoms with Crippen LogP contribution >= 0.6 is 0 Å². The summed E-state index contributed by atoms with van der Waals surface area (Å²) in [5.74, 6) is 0.398. The molecule has 4 heteroatoms. The first-order valence-corrected chi connectivity index (χ1v) is 10.1. The van der Waals surface area contributed by atoms with E-state index in [1.54, 1.807) is 18.2 Å². The minimum atomic E-state index is -0.505. The zero-order valence-electron chi connectivity index (χ0n) is 16.8. The van der Waals surface area contributed by atoms with Crippen molar-refractivity contribution in [3.63, 3.8) is 0 Å². The largest absolute Gasteiger partial charge is 0.487 e. The van der Waals surface area contributed by atoms with E-state index in [9.17, 15) is 9.59 Å². The van der Waals surface area contributed by atoms with Crippen molar-refractivity contribution in [2.24, 2.45) is 0 Å². The maximum Gasteiger partial charge on any atom is 0.251 e. The molecule has 1 amide bonds. The first-order valence-electron chi connectivity index (χ1n) is 10.1. The molecule has 1 aliphatic carbocycles. The van der Waals surface area contributed by atoms with Crippen LogP contribution in [0.5, 0.6) is 5.75 Å². The second-order valence-electron chi connectivity index (χ2n) is 8.60. The lowest BCUT2D eigenvalue weighted by Gasteiger charge is -2.31. The van der Waals surface area contributed by atoms with Crippen LogP contribution in [0.4, 0.5) is 0 Å². The van der Waals surface area contributed by atoms with Crippen LogP contribution in [0.15, 0.2) is 36.4 Å². The molecule has 2 aliphatic rings. The van der Waals surface area contributed by atoms with Gasteiger partial charge in [0.05, 0.1) is 18.0 Å². The fraction of sp³-hybridized carbons (Fsp3) is 0.417. The zero-order valence-corrected chi connectivity index (χ0v) is 16.8. The van der Waals surface area contributed by atoms with Gasteiger partial charge in [0.25, 0.3) is 5.91 Å². The smallest absolute Gasteiger partial charge is 0.251 e. The van der Waals surface area contributed by atoms with Crippen LogP contribution in [0, 0.1) is 0 Å². The van der Waals surface area contributed by atoms with E-state index in [0.29, 0.717) is 23.3 Å². The number of ketones is 1. The summed E-state index contributed by atoms with van der Waals surface area (Å²) in [5, 5.41) is 3.07. The third kappa shape index (κ3) is 3.68. The van der Waals surface area contributed by atoms with Crippen molar-refractivity contribution in [2.45, 2.75) is 64.5 Å². The van der Waals surface area contributed by atoms with Gasteiger partial charge in [-0.1, -0.05) is 18.2 Å². The number of fused-ring (bicyclic) bond motifs is 2. The van der Waals surface area contributed by atoms with Gasteiger partial charge in [-0.05, 0) is 81.3 Å². The van der Waals surface area contributed by atoms with Gasteiger partial charge >= 0.3 is 0 Å². The van der Waals surface area contributed by atoms with E-state index in [1.807, 2.05) is 20.8 Å². The number of nitrogens with one attached hydrogen (secondary N) is 1. The quantitative estimate of drug-likeness (QED) is 0.836. The Kier molecular flexibility index (Phi) is 4.74. The summed E-state index contributed by atoms with van der Waals surface area (Å²) in [6, 6.07) is 11.6. The summed E-state index contributed by atoms with van der Waals surface area (Å²) in [5.41, 5.74) is 4.44. The number of hydrogen-bond acceptors (Lipinski definition) is 3. The van der Waals surface area contributed by atoms with Crippen molar-refractivity contribution in [1.29, 1.82) is 0 Å². The molecule has 1 heterocycles. The Hall–Kier alpha value is -2.62. The standard InChI is InChI=1S/C24H27NO3/c1-15(17-9-8-16-6-4-5-7-18(16)12-17)25-23(27)19-10-11-22-20(13-19)21(26)14-24(2,3)28-22/h8-13,15H,4-7,14H2,1-3H3,(H,25,27). The number of Topliss-reactive ketones (excluding diaryl/α,β-unsaturated/α-hetero) is 1. The zero-order chi connectivity index (χ0) is 19.9. The molecule has 0 saturated carbocycles. The van der Waals surface area contributed by atoms with Gasteiger partial charge in [-0.3, -0.25) is 9.59 Å². The van der Waals surface area contributed by atoms with E-state index in [-0.39, 0.29) is 17.7 Å².